The lowest BCUT2D eigenvalue weighted by molar-refractivity contribution is -0.134. The summed E-state index contributed by atoms with van der Waals surface area (Å²) in [6.07, 6.45) is 14.5. The number of allylic oxidation sites excluding steroid dienone is 1. The second kappa shape index (κ2) is 8.12. The maximum atomic E-state index is 12.8. The lowest BCUT2D eigenvalue weighted by Crippen LogP contribution is -2.54. The fraction of sp³-hybridized carbons (Fsp3) is 0.571. The molecule has 0 radical (unpaired) electrons. The van der Waals surface area contributed by atoms with Gasteiger partial charge in [0.15, 0.2) is 0 Å². The minimum Gasteiger partial charge on any atom is -0.363 e. The lowest BCUT2D eigenvalue weighted by atomic mass is 9.91. The van der Waals surface area contributed by atoms with E-state index in [9.17, 15) is 4.79 Å². The van der Waals surface area contributed by atoms with Crippen LogP contribution in [0.25, 0.3) is 0 Å². The molecule has 0 spiro atoms. The van der Waals surface area contributed by atoms with Crippen LogP contribution < -0.4 is 10.9 Å². The van der Waals surface area contributed by atoms with Crippen molar-refractivity contribution in [1.82, 2.24) is 35.5 Å². The number of fused-ring (bicyclic) bond motifs is 1. The fourth-order valence-corrected chi connectivity index (χ4v) is 4.56. The molecule has 1 aromatic heterocycles. The molecule has 4 aliphatic rings. The number of aromatic nitrogens is 2. The van der Waals surface area contributed by atoms with Gasteiger partial charge >= 0.3 is 0 Å². The molecule has 1 atom stereocenters. The first-order valence-corrected chi connectivity index (χ1v) is 10.7. The Morgan fingerprint density at radius 3 is 2.66 bits per heavy atom. The first kappa shape index (κ1) is 18.6. The Labute approximate surface area is 171 Å². The standard InChI is InChI=1S/C21H29N7O/c29-21(28-8-6-27(7-9-28)18-2-1-3-18)14-26-5-4-16-10-19(24-25-20(16)13-26)17-11-22-15-23-12-17/h4,11-13,15,18-19,24-25H,1-3,5-10,14H2. The number of carbonyl (C=O) groups is 1. The highest BCUT2D eigenvalue weighted by Crippen LogP contribution is 2.29. The highest BCUT2D eigenvalue weighted by atomic mass is 16.2. The van der Waals surface area contributed by atoms with Crippen molar-refractivity contribution in [3.8, 4) is 0 Å². The first-order chi connectivity index (χ1) is 14.3. The van der Waals surface area contributed by atoms with Crippen molar-refractivity contribution < 1.29 is 4.79 Å². The third kappa shape index (κ3) is 4.00. The minimum atomic E-state index is 0.153. The second-order valence-corrected chi connectivity index (χ2v) is 8.40. The number of rotatable bonds is 4. The van der Waals surface area contributed by atoms with Crippen molar-refractivity contribution in [3.05, 3.63) is 47.8 Å². The van der Waals surface area contributed by atoms with Crippen molar-refractivity contribution in [2.75, 3.05) is 39.3 Å². The van der Waals surface area contributed by atoms with Crippen LogP contribution in [0.4, 0.5) is 0 Å². The molecule has 8 nitrogen and oxygen atoms in total. The van der Waals surface area contributed by atoms with Crippen LogP contribution in [-0.2, 0) is 4.79 Å². The van der Waals surface area contributed by atoms with Crippen molar-refractivity contribution in [2.24, 2.45) is 0 Å². The Kier molecular flexibility index (Phi) is 5.20. The zero-order valence-electron chi connectivity index (χ0n) is 16.8. The average Bonchev–Trinajstić information content (AvgIpc) is 2.73. The molecule has 2 N–H and O–H groups in total. The number of hydrogen-bond donors (Lipinski definition) is 2. The van der Waals surface area contributed by atoms with Gasteiger partial charge in [-0.1, -0.05) is 12.5 Å². The molecule has 3 aliphatic heterocycles. The van der Waals surface area contributed by atoms with Gasteiger partial charge in [0.2, 0.25) is 5.91 Å². The van der Waals surface area contributed by atoms with Crippen LogP contribution in [0.3, 0.4) is 0 Å². The molecule has 1 saturated carbocycles. The summed E-state index contributed by atoms with van der Waals surface area (Å²) in [7, 11) is 0. The Hall–Kier alpha value is -2.45. The summed E-state index contributed by atoms with van der Waals surface area (Å²) in [4.78, 5) is 27.7. The summed E-state index contributed by atoms with van der Waals surface area (Å²) in [5.41, 5.74) is 10.0. The van der Waals surface area contributed by atoms with E-state index in [-0.39, 0.29) is 11.9 Å². The summed E-state index contributed by atoms with van der Waals surface area (Å²) < 4.78 is 0. The van der Waals surface area contributed by atoms with Gasteiger partial charge in [-0.3, -0.25) is 9.69 Å². The summed E-state index contributed by atoms with van der Waals surface area (Å²) >= 11 is 0. The largest absolute Gasteiger partial charge is 0.363 e. The molecule has 154 valence electrons. The predicted molar refractivity (Wildman–Crippen MR) is 109 cm³/mol. The van der Waals surface area contributed by atoms with Crippen LogP contribution in [0.2, 0.25) is 0 Å². The SMILES string of the molecule is O=C(CN1C=C2NNC(c3cncnc3)CC2=CC1)N1CCN(C2CCC2)CC1. The van der Waals surface area contributed by atoms with Crippen LogP contribution in [0, 0.1) is 0 Å². The molecule has 8 heteroatoms. The van der Waals surface area contributed by atoms with Gasteiger partial charge < -0.3 is 15.2 Å². The Bertz CT molecular complexity index is 797. The summed E-state index contributed by atoms with van der Waals surface area (Å²) in [6.45, 7) is 4.98. The molecule has 1 amide bonds. The Morgan fingerprint density at radius 1 is 1.14 bits per heavy atom. The molecule has 1 aromatic rings. The smallest absolute Gasteiger partial charge is 0.242 e. The van der Waals surface area contributed by atoms with Gasteiger partial charge in [-0.05, 0) is 24.8 Å². The molecule has 5 rings (SSSR count). The number of hydrogen-bond acceptors (Lipinski definition) is 7. The zero-order chi connectivity index (χ0) is 19.6. The third-order valence-electron chi connectivity index (χ3n) is 6.61. The molecule has 4 heterocycles. The topological polar surface area (TPSA) is 76.6 Å². The monoisotopic (exact) mass is 395 g/mol. The van der Waals surface area contributed by atoms with Crippen molar-refractivity contribution in [1.29, 1.82) is 0 Å². The highest BCUT2D eigenvalue weighted by molar-refractivity contribution is 5.78. The van der Waals surface area contributed by atoms with E-state index < -0.39 is 0 Å². The van der Waals surface area contributed by atoms with Crippen LogP contribution in [0.5, 0.6) is 0 Å². The zero-order valence-corrected chi connectivity index (χ0v) is 16.8. The maximum Gasteiger partial charge on any atom is 0.242 e. The molecule has 3 fully saturated rings. The first-order valence-electron chi connectivity index (χ1n) is 10.7. The molecular weight excluding hydrogens is 366 g/mol. The summed E-state index contributed by atoms with van der Waals surface area (Å²) in [5, 5.41) is 0. The van der Waals surface area contributed by atoms with Gasteiger partial charge in [0.1, 0.15) is 6.33 Å². The average molecular weight is 396 g/mol. The number of amides is 1. The molecule has 29 heavy (non-hydrogen) atoms. The second-order valence-electron chi connectivity index (χ2n) is 8.40. The van der Waals surface area contributed by atoms with Crippen molar-refractivity contribution >= 4 is 5.91 Å². The van der Waals surface area contributed by atoms with E-state index >= 15 is 0 Å². The number of carbonyl (C=O) groups excluding carboxylic acids is 1. The molecule has 1 unspecified atom stereocenters. The van der Waals surface area contributed by atoms with Crippen molar-refractivity contribution in [3.63, 3.8) is 0 Å². The van der Waals surface area contributed by atoms with Gasteiger partial charge in [-0.25, -0.2) is 15.4 Å². The van der Waals surface area contributed by atoms with Gasteiger partial charge in [-0.15, -0.1) is 0 Å². The molecular formula is C21H29N7O. The van der Waals surface area contributed by atoms with Gasteiger partial charge in [-0.2, -0.15) is 0 Å². The van der Waals surface area contributed by atoms with E-state index in [0.717, 1.165) is 56.4 Å². The molecule has 0 aromatic carbocycles. The predicted octanol–water partition coefficient (Wildman–Crippen LogP) is 0.796. The number of piperazine rings is 1. The minimum absolute atomic E-state index is 0.153. The molecule has 0 bridgehead atoms. The number of nitrogens with zero attached hydrogens (tertiary/aromatic N) is 5. The summed E-state index contributed by atoms with van der Waals surface area (Å²) in [5.74, 6) is 0.232. The highest BCUT2D eigenvalue weighted by Gasteiger charge is 2.30. The van der Waals surface area contributed by atoms with Crippen LogP contribution >= 0.6 is 0 Å². The quantitative estimate of drug-likeness (QED) is 0.781. The molecule has 1 aliphatic carbocycles. The molecule has 2 saturated heterocycles. The maximum absolute atomic E-state index is 12.8. The number of nitrogens with one attached hydrogen (secondary N) is 2. The van der Waals surface area contributed by atoms with Gasteiger partial charge in [0.05, 0.1) is 18.3 Å². The van der Waals surface area contributed by atoms with E-state index in [1.807, 2.05) is 17.3 Å². The van der Waals surface area contributed by atoms with Gasteiger partial charge in [0, 0.05) is 62.9 Å². The fourth-order valence-electron chi connectivity index (χ4n) is 4.56. The van der Waals surface area contributed by atoms with Crippen molar-refractivity contribution in [2.45, 2.75) is 37.8 Å². The van der Waals surface area contributed by atoms with E-state index in [1.165, 1.54) is 24.8 Å². The van der Waals surface area contributed by atoms with E-state index in [0.29, 0.717) is 6.54 Å². The third-order valence-corrected chi connectivity index (χ3v) is 6.61. The Balaban J connectivity index is 1.13. The van der Waals surface area contributed by atoms with Crippen LogP contribution in [0.1, 0.15) is 37.3 Å². The van der Waals surface area contributed by atoms with Crippen LogP contribution in [0.15, 0.2) is 42.3 Å². The van der Waals surface area contributed by atoms with E-state index in [4.69, 9.17) is 0 Å². The lowest BCUT2D eigenvalue weighted by Gasteiger charge is -2.43. The normalized spacial score (nSPS) is 25.4. The number of hydrazine groups is 1. The van der Waals surface area contributed by atoms with Gasteiger partial charge in [0.25, 0.3) is 0 Å². The summed E-state index contributed by atoms with van der Waals surface area (Å²) in [6, 6.07) is 0.929. The van der Waals surface area contributed by atoms with E-state index in [2.05, 4.69) is 42.9 Å². The Morgan fingerprint density at radius 2 is 1.93 bits per heavy atom. The van der Waals surface area contributed by atoms with E-state index in [1.54, 1.807) is 6.33 Å². The van der Waals surface area contributed by atoms with Crippen LogP contribution in [-0.4, -0.2) is 75.9 Å².